The van der Waals surface area contributed by atoms with Gasteiger partial charge in [-0.25, -0.2) is 0 Å². The number of benzene rings is 5. The quantitative estimate of drug-likeness (QED) is 0.0613. The summed E-state index contributed by atoms with van der Waals surface area (Å²) in [5.74, 6) is -0.0509. The molecule has 3 aliphatic heterocycles. The van der Waals surface area contributed by atoms with Crippen LogP contribution in [-0.4, -0.2) is 98.9 Å². The third kappa shape index (κ3) is 13.4. The van der Waals surface area contributed by atoms with Gasteiger partial charge in [0.15, 0.2) is 18.7 Å². The van der Waals surface area contributed by atoms with Crippen LogP contribution in [0.2, 0.25) is 0 Å². The van der Waals surface area contributed by atoms with E-state index in [4.69, 9.17) is 52.1 Å². The van der Waals surface area contributed by atoms with Gasteiger partial charge < -0.3 is 56.9 Å². The number of fused-ring (bicyclic) bond motifs is 1. The average Bonchev–Trinajstić information content (AvgIpc) is 3.38. The van der Waals surface area contributed by atoms with E-state index in [1.165, 1.54) is 18.7 Å². The molecular formula is C54H60O13S. The molecule has 13 nitrogen and oxygen atoms in total. The zero-order valence-electron chi connectivity index (χ0n) is 38.6. The minimum atomic E-state index is -1.29. The molecule has 3 fully saturated rings. The monoisotopic (exact) mass is 948 g/mol. The number of thioether (sulfide) groups is 1. The molecule has 14 heteroatoms. The fourth-order valence-electron chi connectivity index (χ4n) is 8.44. The SMILES string of the molecule is COc1ccc(CO[C@H]2[C@@H](O[C@H]3O[C@H](COCc4ccccc4)[C@@H](OCc4ccccc4)[C@H](OCc4ccccc4)[C@@H]3OC(=O)CCC(C)=O)[C@@H]3OC(c4ccccc4)OC[C@H]3O[C@@H]2SC)cc1. The summed E-state index contributed by atoms with van der Waals surface area (Å²) in [5.41, 5.74) is 3.96. The van der Waals surface area contributed by atoms with Crippen molar-refractivity contribution in [3.8, 4) is 5.75 Å². The van der Waals surface area contributed by atoms with Gasteiger partial charge in [-0.2, -0.15) is 0 Å². The van der Waals surface area contributed by atoms with Crippen molar-refractivity contribution in [1.29, 1.82) is 0 Å². The molecule has 3 heterocycles. The minimum Gasteiger partial charge on any atom is -0.497 e. The first-order valence-corrected chi connectivity index (χ1v) is 24.3. The molecule has 1 unspecified atom stereocenters. The van der Waals surface area contributed by atoms with Crippen molar-refractivity contribution in [2.24, 2.45) is 0 Å². The lowest BCUT2D eigenvalue weighted by atomic mass is 9.95. The number of carbonyl (C=O) groups excluding carboxylic acids is 2. The molecule has 11 atom stereocenters. The number of methoxy groups -OCH3 is 1. The van der Waals surface area contributed by atoms with Crippen LogP contribution in [0.25, 0.3) is 0 Å². The van der Waals surface area contributed by atoms with Gasteiger partial charge in [-0.1, -0.05) is 133 Å². The van der Waals surface area contributed by atoms with Crippen molar-refractivity contribution in [1.82, 2.24) is 0 Å². The van der Waals surface area contributed by atoms with Crippen molar-refractivity contribution < 1.29 is 61.7 Å². The molecule has 0 aliphatic carbocycles. The van der Waals surface area contributed by atoms with Crippen LogP contribution in [0.15, 0.2) is 146 Å². The van der Waals surface area contributed by atoms with Crippen LogP contribution in [-0.2, 0) is 83.4 Å². The Morgan fingerprint density at radius 3 is 1.75 bits per heavy atom. The second kappa shape index (κ2) is 25.1. The Hall–Kier alpha value is -4.97. The molecule has 0 bridgehead atoms. The summed E-state index contributed by atoms with van der Waals surface area (Å²) in [6.07, 6.45) is -7.05. The topological polar surface area (TPSA) is 136 Å². The number of ketones is 1. The van der Waals surface area contributed by atoms with E-state index in [-0.39, 0.29) is 51.7 Å². The van der Waals surface area contributed by atoms with E-state index in [1.54, 1.807) is 7.11 Å². The van der Waals surface area contributed by atoms with Gasteiger partial charge in [0.2, 0.25) is 0 Å². The van der Waals surface area contributed by atoms with Gasteiger partial charge in [0.25, 0.3) is 0 Å². The molecule has 3 saturated heterocycles. The first-order chi connectivity index (χ1) is 33.3. The van der Waals surface area contributed by atoms with Gasteiger partial charge in [0.1, 0.15) is 59.7 Å². The number of hydrogen-bond donors (Lipinski definition) is 0. The van der Waals surface area contributed by atoms with Crippen molar-refractivity contribution in [2.75, 3.05) is 26.6 Å². The lowest BCUT2D eigenvalue weighted by molar-refractivity contribution is -0.374. The second-order valence-electron chi connectivity index (χ2n) is 16.9. The number of carbonyl (C=O) groups is 2. The number of rotatable bonds is 22. The molecule has 8 rings (SSSR count). The van der Waals surface area contributed by atoms with Crippen molar-refractivity contribution in [3.05, 3.63) is 173 Å². The maximum atomic E-state index is 14.0. The molecule has 68 heavy (non-hydrogen) atoms. The van der Waals surface area contributed by atoms with E-state index in [0.717, 1.165) is 33.6 Å². The predicted molar refractivity (Wildman–Crippen MR) is 253 cm³/mol. The number of Topliss-reactive ketones (excluding diaryl/α,β-unsaturated/α-hetero) is 1. The van der Waals surface area contributed by atoms with Crippen LogP contribution < -0.4 is 4.74 Å². The summed E-state index contributed by atoms with van der Waals surface area (Å²) in [7, 11) is 1.62. The van der Waals surface area contributed by atoms with Crippen molar-refractivity contribution >= 4 is 23.5 Å². The highest BCUT2D eigenvalue weighted by Gasteiger charge is 2.56. The molecule has 0 amide bonds. The summed E-state index contributed by atoms with van der Waals surface area (Å²) in [6.45, 7) is 2.55. The van der Waals surface area contributed by atoms with Crippen LogP contribution in [0, 0.1) is 0 Å². The molecule has 360 valence electrons. The molecule has 0 saturated carbocycles. The fraction of sp³-hybridized carbons (Fsp3) is 0.407. The van der Waals surface area contributed by atoms with Crippen LogP contribution in [0.4, 0.5) is 0 Å². The molecule has 5 aromatic carbocycles. The predicted octanol–water partition coefficient (Wildman–Crippen LogP) is 8.56. The normalized spacial score (nSPS) is 26.9. The number of esters is 1. The first kappa shape index (κ1) is 49.5. The fourth-order valence-corrected chi connectivity index (χ4v) is 9.20. The molecule has 0 N–H and O–H groups in total. The third-order valence-corrected chi connectivity index (χ3v) is 12.8. The highest BCUT2D eigenvalue weighted by molar-refractivity contribution is 7.99. The molecule has 0 radical (unpaired) electrons. The number of hydrogen-bond acceptors (Lipinski definition) is 14. The van der Waals surface area contributed by atoms with Crippen LogP contribution in [0.1, 0.15) is 53.9 Å². The highest BCUT2D eigenvalue weighted by Crippen LogP contribution is 2.41. The molecule has 5 aromatic rings. The average molecular weight is 949 g/mol. The van der Waals surface area contributed by atoms with Gasteiger partial charge >= 0.3 is 5.97 Å². The maximum Gasteiger partial charge on any atom is 0.306 e. The Morgan fingerprint density at radius 2 is 1.16 bits per heavy atom. The van der Waals surface area contributed by atoms with Gasteiger partial charge in [-0.15, -0.1) is 11.8 Å². The number of ether oxygens (including phenoxy) is 11. The van der Waals surface area contributed by atoms with E-state index in [9.17, 15) is 9.59 Å². The van der Waals surface area contributed by atoms with E-state index < -0.39 is 72.8 Å². The largest absolute Gasteiger partial charge is 0.497 e. The summed E-state index contributed by atoms with van der Waals surface area (Å²) in [4.78, 5) is 26.2. The minimum absolute atomic E-state index is 0.00747. The van der Waals surface area contributed by atoms with Crippen molar-refractivity contribution in [3.63, 3.8) is 0 Å². The smallest absolute Gasteiger partial charge is 0.306 e. The summed E-state index contributed by atoms with van der Waals surface area (Å²) < 4.78 is 73.0. The van der Waals surface area contributed by atoms with Crippen LogP contribution in [0.5, 0.6) is 5.75 Å². The van der Waals surface area contributed by atoms with Gasteiger partial charge in [-0.3, -0.25) is 4.79 Å². The third-order valence-electron chi connectivity index (χ3n) is 12.0. The zero-order chi connectivity index (χ0) is 47.1. The Bertz CT molecular complexity index is 2270. The highest BCUT2D eigenvalue weighted by atomic mass is 32.2. The Balaban J connectivity index is 1.18. The van der Waals surface area contributed by atoms with Crippen LogP contribution >= 0.6 is 11.8 Å². The zero-order valence-corrected chi connectivity index (χ0v) is 39.4. The lowest BCUT2D eigenvalue weighted by Gasteiger charge is -2.51. The summed E-state index contributed by atoms with van der Waals surface area (Å²) in [6, 6.07) is 46.7. The summed E-state index contributed by atoms with van der Waals surface area (Å²) in [5, 5.41) is 0. The van der Waals surface area contributed by atoms with Gasteiger partial charge in [0, 0.05) is 12.0 Å². The van der Waals surface area contributed by atoms with Gasteiger partial charge in [-0.05, 0) is 47.6 Å². The standard InChI is InChI=1S/C54H60O13S/c1-36(55)24-29-45(56)65-50-48(60-32-39-20-12-6-13-21-39)46(59-31-38-18-10-5-11-19-38)43(34-58-30-37-16-8-4-9-17-37)63-53(50)67-49-47-44(35-62-52(66-47)41-22-14-7-15-23-41)64-54(68-3)51(49)61-33-40-25-27-42(57-2)28-26-40/h4-23,25-28,43-44,46-54H,24,29-35H2,1-3H3/t43-,44-,46-,47-,48+,49+,50+,51+,52?,53-,54-/m1/s1. The Labute approximate surface area is 402 Å². The first-order valence-electron chi connectivity index (χ1n) is 23.0. The molecule has 0 aromatic heterocycles. The summed E-state index contributed by atoms with van der Waals surface area (Å²) >= 11 is 1.47. The Morgan fingerprint density at radius 1 is 0.603 bits per heavy atom. The van der Waals surface area contributed by atoms with Crippen molar-refractivity contribution in [2.45, 2.75) is 113 Å². The van der Waals surface area contributed by atoms with E-state index in [0.29, 0.717) is 6.61 Å². The van der Waals surface area contributed by atoms with E-state index >= 15 is 0 Å². The second-order valence-corrected chi connectivity index (χ2v) is 17.8. The van der Waals surface area contributed by atoms with Crippen LogP contribution in [0.3, 0.4) is 0 Å². The van der Waals surface area contributed by atoms with E-state index in [1.807, 2.05) is 152 Å². The van der Waals surface area contributed by atoms with Gasteiger partial charge in [0.05, 0.1) is 53.2 Å². The molecular weight excluding hydrogens is 889 g/mol. The molecule has 3 aliphatic rings. The Kier molecular flexibility index (Phi) is 18.2. The maximum absolute atomic E-state index is 14.0. The van der Waals surface area contributed by atoms with E-state index in [2.05, 4.69) is 0 Å². The lowest BCUT2D eigenvalue weighted by Crippen LogP contribution is -2.67. The molecule has 0 spiro atoms.